The molecule has 2 aliphatic heterocycles. The highest BCUT2D eigenvalue weighted by Gasteiger charge is 2.23. The number of hydrogen-bond donors (Lipinski definition) is 0. The molecular weight excluding hydrogens is 450 g/mol. The van der Waals surface area contributed by atoms with Crippen molar-refractivity contribution in [3.63, 3.8) is 0 Å². The van der Waals surface area contributed by atoms with E-state index in [2.05, 4.69) is 11.0 Å². The number of carbonyl (C=O) groups excluding carboxylic acids is 1. The predicted octanol–water partition coefficient (Wildman–Crippen LogP) is 3.86. The summed E-state index contributed by atoms with van der Waals surface area (Å²) in [6, 6.07) is 19.3. The number of nitrogens with zero attached hydrogens (tertiary/aromatic N) is 3. The highest BCUT2D eigenvalue weighted by molar-refractivity contribution is 5.94. The van der Waals surface area contributed by atoms with Gasteiger partial charge >= 0.3 is 0 Å². The minimum atomic E-state index is -0.448. The normalized spacial score (nSPS) is 15.1. The van der Waals surface area contributed by atoms with Gasteiger partial charge in [-0.3, -0.25) is 19.8 Å². The highest BCUT2D eigenvalue weighted by atomic mass is 16.7. The van der Waals surface area contributed by atoms with Crippen molar-refractivity contribution in [1.82, 2.24) is 9.80 Å². The second-order valence-corrected chi connectivity index (χ2v) is 8.50. The lowest BCUT2D eigenvalue weighted by Crippen LogP contribution is -2.48. The number of nitro groups is 1. The van der Waals surface area contributed by atoms with E-state index in [1.807, 2.05) is 41.3 Å². The molecule has 0 N–H and O–H groups in total. The maximum absolute atomic E-state index is 13.1. The van der Waals surface area contributed by atoms with Gasteiger partial charge in [0.2, 0.25) is 6.79 Å². The zero-order chi connectivity index (χ0) is 24.2. The molecule has 0 atom stereocenters. The van der Waals surface area contributed by atoms with Crippen molar-refractivity contribution in [1.29, 1.82) is 0 Å². The van der Waals surface area contributed by atoms with Gasteiger partial charge in [-0.15, -0.1) is 0 Å². The highest BCUT2D eigenvalue weighted by Crippen LogP contribution is 2.33. The van der Waals surface area contributed by atoms with Crippen molar-refractivity contribution in [3.8, 4) is 17.2 Å². The summed E-state index contributed by atoms with van der Waals surface area (Å²) in [7, 11) is 0. The number of amides is 1. The average molecular weight is 476 g/mol. The molecule has 0 aromatic heterocycles. The second-order valence-electron chi connectivity index (χ2n) is 8.50. The van der Waals surface area contributed by atoms with E-state index >= 15 is 0 Å². The molecule has 0 aliphatic carbocycles. The molecule has 1 fully saturated rings. The smallest absolute Gasteiger partial charge is 0.269 e. The fourth-order valence-electron chi connectivity index (χ4n) is 4.21. The Bertz CT molecular complexity index is 1220. The van der Waals surface area contributed by atoms with Crippen molar-refractivity contribution in [2.45, 2.75) is 13.2 Å². The van der Waals surface area contributed by atoms with Crippen molar-refractivity contribution < 1.29 is 23.9 Å². The summed E-state index contributed by atoms with van der Waals surface area (Å²) >= 11 is 0. The van der Waals surface area contributed by atoms with Gasteiger partial charge in [0.25, 0.3) is 11.6 Å². The number of benzene rings is 3. The summed E-state index contributed by atoms with van der Waals surface area (Å²) in [5.74, 6) is 2.11. The van der Waals surface area contributed by atoms with Gasteiger partial charge < -0.3 is 19.1 Å². The van der Waals surface area contributed by atoms with Crippen molar-refractivity contribution in [3.05, 3.63) is 93.5 Å². The maximum Gasteiger partial charge on any atom is 0.269 e. The van der Waals surface area contributed by atoms with E-state index in [9.17, 15) is 14.9 Å². The van der Waals surface area contributed by atoms with Gasteiger partial charge in [0.15, 0.2) is 11.5 Å². The van der Waals surface area contributed by atoms with Gasteiger partial charge in [0.1, 0.15) is 12.4 Å². The zero-order valence-corrected chi connectivity index (χ0v) is 19.1. The number of non-ortho nitro benzene ring substituents is 1. The number of fused-ring (bicyclic) bond motifs is 1. The summed E-state index contributed by atoms with van der Waals surface area (Å²) in [5, 5.41) is 10.8. The van der Waals surface area contributed by atoms with E-state index in [0.717, 1.165) is 42.3 Å². The molecule has 1 saturated heterocycles. The summed E-state index contributed by atoms with van der Waals surface area (Å²) in [6.07, 6.45) is 0. The maximum atomic E-state index is 13.1. The molecule has 3 aromatic rings. The monoisotopic (exact) mass is 475 g/mol. The Morgan fingerprint density at radius 1 is 0.914 bits per heavy atom. The molecular formula is C26H25N3O6. The Kier molecular flexibility index (Phi) is 6.49. The van der Waals surface area contributed by atoms with E-state index in [0.29, 0.717) is 24.4 Å². The van der Waals surface area contributed by atoms with Crippen LogP contribution in [0.25, 0.3) is 0 Å². The molecule has 9 heteroatoms. The molecule has 0 saturated carbocycles. The molecule has 0 bridgehead atoms. The first kappa shape index (κ1) is 22.7. The van der Waals surface area contributed by atoms with Gasteiger partial charge in [-0.2, -0.15) is 0 Å². The molecule has 0 radical (unpaired) electrons. The lowest BCUT2D eigenvalue weighted by atomic mass is 10.1. The molecule has 2 aliphatic rings. The number of carbonyl (C=O) groups is 1. The summed E-state index contributed by atoms with van der Waals surface area (Å²) in [6.45, 7) is 4.24. The van der Waals surface area contributed by atoms with Crippen LogP contribution in [0.5, 0.6) is 17.2 Å². The van der Waals surface area contributed by atoms with Crippen LogP contribution in [0.3, 0.4) is 0 Å². The van der Waals surface area contributed by atoms with Crippen molar-refractivity contribution in [2.24, 2.45) is 0 Å². The first-order chi connectivity index (χ1) is 17.0. The molecule has 0 unspecified atom stereocenters. The lowest BCUT2D eigenvalue weighted by Gasteiger charge is -2.34. The van der Waals surface area contributed by atoms with Crippen LogP contribution in [0.4, 0.5) is 5.69 Å². The van der Waals surface area contributed by atoms with E-state index in [4.69, 9.17) is 14.2 Å². The first-order valence-corrected chi connectivity index (χ1v) is 11.4. The van der Waals surface area contributed by atoms with Crippen LogP contribution in [0, 0.1) is 10.1 Å². The summed E-state index contributed by atoms with van der Waals surface area (Å²) < 4.78 is 16.6. The standard InChI is InChI=1S/C26H25N3O6/c30-26(21-3-1-2-20(14-21)17-33-23-7-5-22(6-8-23)29(31)32)28-12-10-27(11-13-28)16-19-4-9-24-25(15-19)35-18-34-24/h1-9,14-15H,10-13,16-18H2. The van der Waals surface area contributed by atoms with Crippen LogP contribution >= 0.6 is 0 Å². The van der Waals surface area contributed by atoms with Crippen molar-refractivity contribution >= 4 is 11.6 Å². The Labute approximate surface area is 202 Å². The molecule has 0 spiro atoms. The van der Waals surface area contributed by atoms with Crippen LogP contribution < -0.4 is 14.2 Å². The van der Waals surface area contributed by atoms with Gasteiger partial charge in [-0.1, -0.05) is 18.2 Å². The van der Waals surface area contributed by atoms with Crippen LogP contribution in [0.1, 0.15) is 21.5 Å². The minimum Gasteiger partial charge on any atom is -0.489 e. The quantitative estimate of drug-likeness (QED) is 0.378. The van der Waals surface area contributed by atoms with Crippen LogP contribution in [0.15, 0.2) is 66.7 Å². The lowest BCUT2D eigenvalue weighted by molar-refractivity contribution is -0.384. The zero-order valence-electron chi connectivity index (χ0n) is 19.1. The molecule has 1 amide bonds. The summed E-state index contributed by atoms with van der Waals surface area (Å²) in [4.78, 5) is 27.6. The van der Waals surface area contributed by atoms with Gasteiger partial charge in [0.05, 0.1) is 4.92 Å². The molecule has 2 heterocycles. The largest absolute Gasteiger partial charge is 0.489 e. The third-order valence-electron chi connectivity index (χ3n) is 6.13. The van der Waals surface area contributed by atoms with E-state index in [-0.39, 0.29) is 25.0 Å². The second kappa shape index (κ2) is 10.0. The van der Waals surface area contributed by atoms with Crippen LogP contribution in [-0.2, 0) is 13.2 Å². The molecule has 5 rings (SSSR count). The number of rotatable bonds is 7. The molecule has 35 heavy (non-hydrogen) atoms. The number of ether oxygens (including phenoxy) is 3. The fourth-order valence-corrected chi connectivity index (χ4v) is 4.21. The number of nitro benzene ring substituents is 1. The van der Waals surface area contributed by atoms with E-state index in [1.54, 1.807) is 12.1 Å². The Morgan fingerprint density at radius 3 is 2.46 bits per heavy atom. The number of piperazine rings is 1. The third kappa shape index (κ3) is 5.36. The predicted molar refractivity (Wildman–Crippen MR) is 128 cm³/mol. The van der Waals surface area contributed by atoms with Gasteiger partial charge in [-0.25, -0.2) is 0 Å². The fraction of sp³-hybridized carbons (Fsp3) is 0.269. The SMILES string of the molecule is O=C(c1cccc(COc2ccc([N+](=O)[O-])cc2)c1)N1CCN(Cc2ccc3c(c2)OCO3)CC1. The summed E-state index contributed by atoms with van der Waals surface area (Å²) in [5.41, 5.74) is 2.66. The molecule has 9 nitrogen and oxygen atoms in total. The Hall–Kier alpha value is -4.11. The van der Waals surface area contributed by atoms with E-state index < -0.39 is 4.92 Å². The average Bonchev–Trinajstić information content (AvgIpc) is 3.36. The van der Waals surface area contributed by atoms with Crippen LogP contribution in [-0.4, -0.2) is 53.6 Å². The third-order valence-corrected chi connectivity index (χ3v) is 6.13. The van der Waals surface area contributed by atoms with Crippen molar-refractivity contribution in [2.75, 3.05) is 33.0 Å². The topological polar surface area (TPSA) is 94.4 Å². The van der Waals surface area contributed by atoms with Gasteiger partial charge in [0, 0.05) is 50.4 Å². The van der Waals surface area contributed by atoms with Gasteiger partial charge in [-0.05, 0) is 47.5 Å². The molecule has 180 valence electrons. The van der Waals surface area contributed by atoms with Crippen LogP contribution in [0.2, 0.25) is 0 Å². The number of hydrogen-bond acceptors (Lipinski definition) is 7. The Morgan fingerprint density at radius 2 is 1.69 bits per heavy atom. The Balaban J connectivity index is 1.13. The van der Waals surface area contributed by atoms with E-state index in [1.165, 1.54) is 12.1 Å². The molecule has 3 aromatic carbocycles. The minimum absolute atomic E-state index is 0.00455. The first-order valence-electron chi connectivity index (χ1n) is 11.4.